The van der Waals surface area contributed by atoms with E-state index in [1.165, 1.54) is 19.1 Å². The van der Waals surface area contributed by atoms with Crippen LogP contribution in [-0.4, -0.2) is 11.3 Å². The molecule has 94 valence electrons. The highest BCUT2D eigenvalue weighted by atomic mass is 127. The zero-order valence-corrected chi connectivity index (χ0v) is 13.1. The smallest absolute Gasteiger partial charge is 0.298 e. The van der Waals surface area contributed by atoms with E-state index in [0.717, 1.165) is 3.57 Å². The van der Waals surface area contributed by atoms with Crippen molar-refractivity contribution >= 4 is 56.1 Å². The molecule has 0 saturated carbocycles. The van der Waals surface area contributed by atoms with E-state index in [-0.39, 0.29) is 22.4 Å². The van der Waals surface area contributed by atoms with Gasteiger partial charge in [0.05, 0.1) is 4.83 Å². The van der Waals surface area contributed by atoms with Gasteiger partial charge in [0, 0.05) is 8.47 Å². The van der Waals surface area contributed by atoms with Gasteiger partial charge in [-0.05, 0) is 65.0 Å². The van der Waals surface area contributed by atoms with Crippen LogP contribution in [0.2, 0.25) is 0 Å². The maximum Gasteiger partial charge on any atom is 0.446 e. The Morgan fingerprint density at radius 1 is 1.47 bits per heavy atom. The van der Waals surface area contributed by atoms with E-state index in [9.17, 15) is 18.0 Å². The highest BCUT2D eigenvalue weighted by molar-refractivity contribution is 14.1. The number of carbonyl (C=O) groups is 1. The summed E-state index contributed by atoms with van der Waals surface area (Å²) < 4.78 is 37.4. The molecule has 0 fully saturated rings. The summed E-state index contributed by atoms with van der Waals surface area (Å²) in [6.07, 6.45) is 0. The van der Waals surface area contributed by atoms with Crippen LogP contribution < -0.4 is 0 Å². The summed E-state index contributed by atoms with van der Waals surface area (Å²) in [6, 6.07) is 4.35. The van der Waals surface area contributed by atoms with Gasteiger partial charge >= 0.3 is 5.51 Å². The molecule has 0 heterocycles. The lowest BCUT2D eigenvalue weighted by Crippen LogP contribution is -2.04. The number of benzene rings is 1. The van der Waals surface area contributed by atoms with Crippen LogP contribution in [0.4, 0.5) is 13.2 Å². The monoisotopic (exact) mass is 438 g/mol. The fraction of sp³-hybridized carbons (Fsp3) is 0.300. The third-order valence-electron chi connectivity index (χ3n) is 1.83. The first-order chi connectivity index (χ1) is 7.70. The molecule has 1 aromatic carbocycles. The van der Waals surface area contributed by atoms with E-state index in [0.29, 0.717) is 5.56 Å². The molecular formula is C10H7BrF3IOS. The lowest BCUT2D eigenvalue weighted by molar-refractivity contribution is -0.116. The molecule has 0 spiro atoms. The zero-order valence-electron chi connectivity index (χ0n) is 8.52. The normalized spacial score (nSPS) is 13.5. The van der Waals surface area contributed by atoms with Crippen molar-refractivity contribution in [3.63, 3.8) is 0 Å². The molecule has 0 N–H and O–H groups in total. The minimum atomic E-state index is -4.32. The molecule has 0 aromatic heterocycles. The molecule has 1 aromatic rings. The summed E-state index contributed by atoms with van der Waals surface area (Å²) in [7, 11) is 0. The van der Waals surface area contributed by atoms with Gasteiger partial charge in [-0.2, -0.15) is 13.2 Å². The van der Waals surface area contributed by atoms with Crippen molar-refractivity contribution in [2.24, 2.45) is 0 Å². The fourth-order valence-corrected chi connectivity index (χ4v) is 3.18. The number of Topliss-reactive ketones (excluding diaryl/α,β-unsaturated/α-hetero) is 1. The van der Waals surface area contributed by atoms with Gasteiger partial charge < -0.3 is 0 Å². The van der Waals surface area contributed by atoms with Gasteiger partial charge in [-0.3, -0.25) is 4.79 Å². The second-order valence-electron chi connectivity index (χ2n) is 3.20. The van der Waals surface area contributed by atoms with Crippen molar-refractivity contribution in [1.29, 1.82) is 0 Å². The first kappa shape index (κ1) is 15.3. The minimum absolute atomic E-state index is 0.0821. The van der Waals surface area contributed by atoms with Gasteiger partial charge in [0.15, 0.2) is 0 Å². The second kappa shape index (κ2) is 5.92. The Hall–Kier alpha value is 0.240. The molecule has 0 saturated heterocycles. The summed E-state index contributed by atoms with van der Waals surface area (Å²) >= 11 is 4.98. The van der Waals surface area contributed by atoms with Gasteiger partial charge in [-0.15, -0.1) is 0 Å². The number of hydrogen-bond acceptors (Lipinski definition) is 2. The predicted molar refractivity (Wildman–Crippen MR) is 73.4 cm³/mol. The molecule has 0 radical (unpaired) electrons. The van der Waals surface area contributed by atoms with Crippen molar-refractivity contribution in [3.05, 3.63) is 27.3 Å². The largest absolute Gasteiger partial charge is 0.446 e. The van der Waals surface area contributed by atoms with E-state index < -0.39 is 10.3 Å². The van der Waals surface area contributed by atoms with Gasteiger partial charge in [-0.25, -0.2) is 0 Å². The lowest BCUT2D eigenvalue weighted by atomic mass is 10.1. The van der Waals surface area contributed by atoms with Crippen LogP contribution in [0.5, 0.6) is 0 Å². The Morgan fingerprint density at radius 3 is 2.53 bits per heavy atom. The molecule has 7 heteroatoms. The molecular weight excluding hydrogens is 432 g/mol. The molecule has 1 nitrogen and oxygen atoms in total. The standard InChI is InChI=1S/C10H7BrF3IOS/c1-5(16)9(11)7-4-6(2-3-8(7)15)17-10(12,13)14/h2-4,9H,1H3. The fourth-order valence-electron chi connectivity index (χ4n) is 1.13. The Balaban J connectivity index is 3.06. The van der Waals surface area contributed by atoms with E-state index in [1.807, 2.05) is 22.6 Å². The quantitative estimate of drug-likeness (QED) is 0.378. The van der Waals surface area contributed by atoms with Crippen LogP contribution in [0.3, 0.4) is 0 Å². The van der Waals surface area contributed by atoms with Crippen LogP contribution in [0.25, 0.3) is 0 Å². The number of rotatable bonds is 3. The summed E-state index contributed by atoms with van der Waals surface area (Å²) in [6.45, 7) is 1.39. The summed E-state index contributed by atoms with van der Waals surface area (Å²) in [5.41, 5.74) is -3.76. The number of thioether (sulfide) groups is 1. The molecule has 0 aliphatic carbocycles. The first-order valence-corrected chi connectivity index (χ1v) is 7.21. The van der Waals surface area contributed by atoms with Crippen molar-refractivity contribution < 1.29 is 18.0 Å². The third kappa shape index (κ3) is 4.78. The van der Waals surface area contributed by atoms with E-state index in [4.69, 9.17) is 0 Å². The third-order valence-corrected chi connectivity index (χ3v) is 4.67. The maximum atomic E-state index is 12.2. The lowest BCUT2D eigenvalue weighted by Gasteiger charge is -2.12. The van der Waals surface area contributed by atoms with Crippen LogP contribution >= 0.6 is 50.3 Å². The zero-order chi connectivity index (χ0) is 13.2. The number of hydrogen-bond donors (Lipinski definition) is 0. The van der Waals surface area contributed by atoms with Crippen LogP contribution in [-0.2, 0) is 4.79 Å². The van der Waals surface area contributed by atoms with E-state index in [2.05, 4.69) is 15.9 Å². The van der Waals surface area contributed by atoms with E-state index >= 15 is 0 Å². The Labute approximate surface area is 123 Å². The summed E-state index contributed by atoms with van der Waals surface area (Å²) in [5.74, 6) is -0.142. The van der Waals surface area contributed by atoms with Gasteiger partial charge in [0.2, 0.25) is 0 Å². The molecule has 0 amide bonds. The topological polar surface area (TPSA) is 17.1 Å². The highest BCUT2D eigenvalue weighted by Gasteiger charge is 2.29. The highest BCUT2D eigenvalue weighted by Crippen LogP contribution is 2.39. The minimum Gasteiger partial charge on any atom is -0.298 e. The second-order valence-corrected chi connectivity index (χ2v) is 6.42. The molecule has 0 aliphatic rings. The van der Waals surface area contributed by atoms with Crippen molar-refractivity contribution in [1.82, 2.24) is 0 Å². The Kier molecular flexibility index (Phi) is 5.33. The number of ketones is 1. The average Bonchev–Trinajstić information content (AvgIpc) is 2.17. The van der Waals surface area contributed by atoms with Crippen molar-refractivity contribution in [3.8, 4) is 0 Å². The Morgan fingerprint density at radius 2 is 2.06 bits per heavy atom. The average molecular weight is 439 g/mol. The molecule has 1 unspecified atom stereocenters. The Bertz CT molecular complexity index is 436. The molecule has 1 rings (SSSR count). The van der Waals surface area contributed by atoms with Gasteiger partial charge in [-0.1, -0.05) is 15.9 Å². The molecule has 0 aliphatic heterocycles. The molecule has 0 bridgehead atoms. The van der Waals surface area contributed by atoms with Crippen LogP contribution in [0.1, 0.15) is 17.3 Å². The van der Waals surface area contributed by atoms with Gasteiger partial charge in [0.1, 0.15) is 5.78 Å². The van der Waals surface area contributed by atoms with E-state index in [1.54, 1.807) is 6.07 Å². The number of carbonyl (C=O) groups excluding carboxylic acids is 1. The molecule has 1 atom stereocenters. The van der Waals surface area contributed by atoms with Crippen LogP contribution in [0, 0.1) is 3.57 Å². The maximum absolute atomic E-state index is 12.2. The molecule has 17 heavy (non-hydrogen) atoms. The van der Waals surface area contributed by atoms with Crippen LogP contribution in [0.15, 0.2) is 23.1 Å². The SMILES string of the molecule is CC(=O)C(Br)c1cc(SC(F)(F)F)ccc1I. The summed E-state index contributed by atoms with van der Waals surface area (Å²) in [4.78, 5) is 10.7. The number of halogens is 5. The number of alkyl halides is 4. The van der Waals surface area contributed by atoms with Gasteiger partial charge in [0.25, 0.3) is 0 Å². The first-order valence-electron chi connectivity index (χ1n) is 4.40. The predicted octanol–water partition coefficient (Wildman–Crippen LogP) is 4.93. The summed E-state index contributed by atoms with van der Waals surface area (Å²) in [5, 5.41) is 0. The van der Waals surface area contributed by atoms with Crippen molar-refractivity contribution in [2.75, 3.05) is 0 Å². The van der Waals surface area contributed by atoms with Crippen molar-refractivity contribution in [2.45, 2.75) is 22.2 Å².